The number of hydrogen-bond donors (Lipinski definition) is 0. The van der Waals surface area contributed by atoms with Gasteiger partial charge in [-0.3, -0.25) is 0 Å². The normalized spacial score (nSPS) is 14.8. The summed E-state index contributed by atoms with van der Waals surface area (Å²) < 4.78 is 5.01. The van der Waals surface area contributed by atoms with Crippen LogP contribution in [0.5, 0.6) is 0 Å². The maximum Gasteiger partial charge on any atom is 0.0544 e. The molecule has 0 saturated heterocycles. The zero-order chi connectivity index (χ0) is 38.7. The summed E-state index contributed by atoms with van der Waals surface area (Å²) in [6.45, 7) is 9.77. The van der Waals surface area contributed by atoms with E-state index in [9.17, 15) is 0 Å². The van der Waals surface area contributed by atoms with Crippen molar-refractivity contribution in [3.8, 4) is 33.6 Å². The molecule has 58 heavy (non-hydrogen) atoms. The van der Waals surface area contributed by atoms with Gasteiger partial charge in [0.1, 0.15) is 0 Å². The first-order chi connectivity index (χ1) is 28.3. The van der Waals surface area contributed by atoms with Gasteiger partial charge in [-0.2, -0.15) is 0 Å². The molecule has 9 aromatic carbocycles. The van der Waals surface area contributed by atoms with Gasteiger partial charge in [0.05, 0.1) is 33.4 Å². The van der Waals surface area contributed by atoms with E-state index >= 15 is 0 Å². The van der Waals surface area contributed by atoms with Gasteiger partial charge < -0.3 is 9.13 Å². The quantitative estimate of drug-likeness (QED) is 0.167. The molecular weight excluding hydrogens is 701 g/mol. The molecule has 2 aliphatic rings. The number of hydrogen-bond acceptors (Lipinski definition) is 0. The molecule has 0 saturated carbocycles. The Hall–Kier alpha value is -6.90. The summed E-state index contributed by atoms with van der Waals surface area (Å²) in [5, 5.41) is 10.3. The highest BCUT2D eigenvalue weighted by molar-refractivity contribution is 6.15. The number of benzene rings is 9. The van der Waals surface area contributed by atoms with Crippen LogP contribution in [0.2, 0.25) is 0 Å². The van der Waals surface area contributed by atoms with E-state index in [1.807, 2.05) is 0 Å². The second kappa shape index (κ2) is 10.9. The van der Waals surface area contributed by atoms with Crippen LogP contribution in [0, 0.1) is 0 Å². The van der Waals surface area contributed by atoms with E-state index in [0.717, 1.165) is 0 Å². The molecule has 13 rings (SSSR count). The minimum Gasteiger partial charge on any atom is -0.309 e. The monoisotopic (exact) mass is 740 g/mol. The van der Waals surface area contributed by atoms with Crippen molar-refractivity contribution in [1.29, 1.82) is 0 Å². The number of rotatable bonds is 2. The topological polar surface area (TPSA) is 9.86 Å². The summed E-state index contributed by atoms with van der Waals surface area (Å²) in [5.74, 6) is 0. The van der Waals surface area contributed by atoms with Gasteiger partial charge in [-0.05, 0) is 104 Å². The van der Waals surface area contributed by atoms with Gasteiger partial charge in [-0.15, -0.1) is 0 Å². The predicted octanol–water partition coefficient (Wildman–Crippen LogP) is 14.8. The summed E-state index contributed by atoms with van der Waals surface area (Å²) in [6.07, 6.45) is 0. The van der Waals surface area contributed by atoms with Gasteiger partial charge in [0.2, 0.25) is 0 Å². The van der Waals surface area contributed by atoms with Crippen LogP contribution >= 0.6 is 0 Å². The van der Waals surface area contributed by atoms with Crippen LogP contribution in [0.25, 0.3) is 98.8 Å². The van der Waals surface area contributed by atoms with Gasteiger partial charge in [0.25, 0.3) is 0 Å². The lowest BCUT2D eigenvalue weighted by atomic mass is 9.79. The lowest BCUT2D eigenvalue weighted by Gasteiger charge is -2.25. The van der Waals surface area contributed by atoms with E-state index < -0.39 is 0 Å². The zero-order valence-corrected chi connectivity index (χ0v) is 33.1. The highest BCUT2D eigenvalue weighted by atomic mass is 15.0. The standard InChI is InChI=1S/C56H40N2/c1-55(2)43-29-42-44(30-41(43)53-39-23-7-5-21-37(39)51(31-45(53)55)57-47-25-13-9-17-33(47)34-18-10-14-26-48(34)57)56(3,4)46-32-52(38-22-6-8-24-40(38)54(42)46)58-49-27-15-11-19-35(49)36-20-12-16-28-50(36)58/h5-32H,1-4H3. The molecular formula is C56H40N2. The van der Waals surface area contributed by atoms with Crippen molar-refractivity contribution < 1.29 is 0 Å². The Morgan fingerprint density at radius 2 is 0.569 bits per heavy atom. The van der Waals surface area contributed by atoms with Crippen LogP contribution < -0.4 is 0 Å². The van der Waals surface area contributed by atoms with E-state index in [2.05, 4.69) is 207 Å². The number of para-hydroxylation sites is 4. The van der Waals surface area contributed by atoms with Crippen LogP contribution in [0.1, 0.15) is 49.9 Å². The average molecular weight is 741 g/mol. The lowest BCUT2D eigenvalue weighted by molar-refractivity contribution is 0.652. The highest BCUT2D eigenvalue weighted by Crippen LogP contribution is 2.59. The second-order valence-electron chi connectivity index (χ2n) is 17.7. The summed E-state index contributed by atoms with van der Waals surface area (Å²) in [4.78, 5) is 0. The molecule has 0 fully saturated rings. The third kappa shape index (κ3) is 3.88. The SMILES string of the molecule is CC1(C)c2cc3c(cc2-c2c1cc(-n1c4ccccc4c4ccccc41)c1ccccc21)C(C)(C)c1cc(-n2c4ccccc4c4ccccc42)c2ccccc2c1-3. The molecule has 0 atom stereocenters. The van der Waals surface area contributed by atoms with Crippen LogP contribution in [0.3, 0.4) is 0 Å². The minimum atomic E-state index is -0.219. The molecule has 2 nitrogen and oxygen atoms in total. The number of fused-ring (bicyclic) bond motifs is 16. The van der Waals surface area contributed by atoms with Crippen molar-refractivity contribution in [2.45, 2.75) is 38.5 Å². The van der Waals surface area contributed by atoms with E-state index in [0.29, 0.717) is 0 Å². The van der Waals surface area contributed by atoms with Gasteiger partial charge >= 0.3 is 0 Å². The maximum atomic E-state index is 2.58. The average Bonchev–Trinajstić information content (AvgIpc) is 3.91. The Morgan fingerprint density at radius 1 is 0.293 bits per heavy atom. The molecule has 0 bridgehead atoms. The molecule has 2 aliphatic carbocycles. The largest absolute Gasteiger partial charge is 0.309 e. The Kier molecular flexibility index (Phi) is 6.07. The molecule has 0 N–H and O–H groups in total. The van der Waals surface area contributed by atoms with Gasteiger partial charge in [-0.25, -0.2) is 0 Å². The summed E-state index contributed by atoms with van der Waals surface area (Å²) in [6, 6.07) is 63.9. The van der Waals surface area contributed by atoms with Crippen molar-refractivity contribution in [3.05, 3.63) is 192 Å². The molecule has 0 amide bonds. The third-order valence-electron chi connectivity index (χ3n) is 14.1. The van der Waals surface area contributed by atoms with E-state index in [1.54, 1.807) is 0 Å². The van der Waals surface area contributed by atoms with Crippen LogP contribution in [0.15, 0.2) is 170 Å². The van der Waals surface area contributed by atoms with E-state index in [4.69, 9.17) is 0 Å². The van der Waals surface area contributed by atoms with Gasteiger partial charge in [0, 0.05) is 43.1 Å². The van der Waals surface area contributed by atoms with Crippen LogP contribution in [0.4, 0.5) is 0 Å². The molecule has 2 heteroatoms. The molecule has 0 aliphatic heterocycles. The summed E-state index contributed by atoms with van der Waals surface area (Å²) >= 11 is 0. The first-order valence-corrected chi connectivity index (χ1v) is 20.6. The molecule has 2 heterocycles. The first kappa shape index (κ1) is 32.2. The molecule has 0 spiro atoms. The molecule has 2 aromatic heterocycles. The Bertz CT molecular complexity index is 3280. The lowest BCUT2D eigenvalue weighted by Crippen LogP contribution is -2.17. The van der Waals surface area contributed by atoms with Gasteiger partial charge in [0.15, 0.2) is 0 Å². The number of nitrogens with zero attached hydrogens (tertiary/aromatic N) is 2. The molecule has 0 radical (unpaired) electrons. The van der Waals surface area contributed by atoms with Gasteiger partial charge in [-0.1, -0.05) is 149 Å². The maximum absolute atomic E-state index is 2.58. The van der Waals surface area contributed by atoms with Crippen molar-refractivity contribution in [3.63, 3.8) is 0 Å². The third-order valence-corrected chi connectivity index (χ3v) is 14.1. The smallest absolute Gasteiger partial charge is 0.0544 e. The zero-order valence-electron chi connectivity index (χ0n) is 33.1. The van der Waals surface area contributed by atoms with Crippen molar-refractivity contribution in [2.24, 2.45) is 0 Å². The van der Waals surface area contributed by atoms with Crippen LogP contribution in [-0.4, -0.2) is 9.13 Å². The van der Waals surface area contributed by atoms with E-state index in [1.165, 1.54) is 121 Å². The van der Waals surface area contributed by atoms with Crippen molar-refractivity contribution >= 4 is 65.2 Å². The first-order valence-electron chi connectivity index (χ1n) is 20.6. The second-order valence-corrected chi connectivity index (χ2v) is 17.7. The molecule has 274 valence electrons. The van der Waals surface area contributed by atoms with E-state index in [-0.39, 0.29) is 10.8 Å². The number of aromatic nitrogens is 2. The Labute approximate surface area is 337 Å². The fourth-order valence-electron chi connectivity index (χ4n) is 11.4. The Balaban J connectivity index is 1.08. The highest BCUT2D eigenvalue weighted by Gasteiger charge is 2.43. The fourth-order valence-corrected chi connectivity index (χ4v) is 11.4. The minimum absolute atomic E-state index is 0.219. The van der Waals surface area contributed by atoms with Crippen molar-refractivity contribution in [1.82, 2.24) is 9.13 Å². The molecule has 11 aromatic rings. The molecule has 0 unspecified atom stereocenters. The van der Waals surface area contributed by atoms with Crippen LogP contribution in [-0.2, 0) is 10.8 Å². The van der Waals surface area contributed by atoms with Crippen molar-refractivity contribution in [2.75, 3.05) is 0 Å². The predicted molar refractivity (Wildman–Crippen MR) is 245 cm³/mol. The fraction of sp³-hybridized carbons (Fsp3) is 0.107. The Morgan fingerprint density at radius 3 is 0.897 bits per heavy atom. The summed E-state index contributed by atoms with van der Waals surface area (Å²) in [5.41, 5.74) is 18.1. The summed E-state index contributed by atoms with van der Waals surface area (Å²) in [7, 11) is 0.